The number of halogens is 1. The summed E-state index contributed by atoms with van der Waals surface area (Å²) in [5.74, 6) is 0.0965. The van der Waals surface area contributed by atoms with Gasteiger partial charge in [-0.05, 0) is 30.5 Å². The van der Waals surface area contributed by atoms with Crippen molar-refractivity contribution in [3.05, 3.63) is 34.3 Å². The van der Waals surface area contributed by atoms with Crippen LogP contribution in [0.15, 0.2) is 28.7 Å². The van der Waals surface area contributed by atoms with Gasteiger partial charge < -0.3 is 9.61 Å². The lowest BCUT2D eigenvalue weighted by atomic mass is 9.91. The number of amides is 1. The Labute approximate surface area is 110 Å². The SMILES string of the molecule is O=CBN1C(=O)CC[C@H]1Cc1ccc(Br)cc1. The highest BCUT2D eigenvalue weighted by molar-refractivity contribution is 9.10. The number of hydrogen-bond acceptors (Lipinski definition) is 2. The molecule has 0 spiro atoms. The van der Waals surface area contributed by atoms with E-state index in [1.54, 1.807) is 4.81 Å². The third kappa shape index (κ3) is 2.97. The van der Waals surface area contributed by atoms with Gasteiger partial charge in [0.25, 0.3) is 0 Å². The molecule has 1 aliphatic heterocycles. The second-order valence-electron chi connectivity index (χ2n) is 4.24. The highest BCUT2D eigenvalue weighted by Gasteiger charge is 2.30. The van der Waals surface area contributed by atoms with Gasteiger partial charge in [-0.15, -0.1) is 0 Å². The predicted octanol–water partition coefficient (Wildman–Crippen LogP) is 1.52. The Hall–Kier alpha value is -1.10. The molecule has 1 saturated heterocycles. The van der Waals surface area contributed by atoms with E-state index in [1.807, 2.05) is 24.3 Å². The highest BCUT2D eigenvalue weighted by Crippen LogP contribution is 2.21. The first-order valence-electron chi connectivity index (χ1n) is 5.68. The molecule has 0 saturated carbocycles. The normalized spacial score (nSPS) is 19.5. The average molecular weight is 294 g/mol. The van der Waals surface area contributed by atoms with Crippen molar-refractivity contribution >= 4 is 35.4 Å². The van der Waals surface area contributed by atoms with Crippen molar-refractivity contribution < 1.29 is 9.59 Å². The number of hydrogen-bond donors (Lipinski definition) is 0. The van der Waals surface area contributed by atoms with Crippen LogP contribution in [0.4, 0.5) is 0 Å². The second-order valence-corrected chi connectivity index (χ2v) is 5.15. The molecule has 88 valence electrons. The molecule has 5 heteroatoms. The molecule has 3 nitrogen and oxygen atoms in total. The van der Waals surface area contributed by atoms with Crippen LogP contribution in [0.3, 0.4) is 0 Å². The molecule has 1 aromatic rings. The minimum Gasteiger partial charge on any atom is -0.379 e. The van der Waals surface area contributed by atoms with Crippen molar-refractivity contribution in [3.8, 4) is 0 Å². The van der Waals surface area contributed by atoms with Gasteiger partial charge in [0.2, 0.25) is 5.91 Å². The smallest absolute Gasteiger partial charge is 0.313 e. The summed E-state index contributed by atoms with van der Waals surface area (Å²) in [6.07, 6.45) is 3.04. The third-order valence-electron chi connectivity index (χ3n) is 3.11. The first-order valence-corrected chi connectivity index (χ1v) is 6.47. The molecular formula is C12H13BBrNO2. The minimum atomic E-state index is 0.0965. The topological polar surface area (TPSA) is 37.4 Å². The number of carbonyl (C=O) groups excluding carboxylic acids is 2. The Morgan fingerprint density at radius 2 is 2.12 bits per heavy atom. The van der Waals surface area contributed by atoms with Crippen molar-refractivity contribution in [2.75, 3.05) is 0 Å². The van der Waals surface area contributed by atoms with E-state index in [0.717, 1.165) is 23.5 Å². The van der Waals surface area contributed by atoms with Crippen LogP contribution in [0.5, 0.6) is 0 Å². The zero-order valence-electron chi connectivity index (χ0n) is 9.43. The fourth-order valence-corrected chi connectivity index (χ4v) is 2.49. The molecule has 2 rings (SSSR count). The summed E-state index contributed by atoms with van der Waals surface area (Å²) in [5, 5.41) is 0. The maximum absolute atomic E-state index is 11.6. The van der Waals surface area contributed by atoms with Crippen LogP contribution in [0.2, 0.25) is 0 Å². The molecule has 0 N–H and O–H groups in total. The maximum Gasteiger partial charge on any atom is 0.313 e. The Bertz CT molecular complexity index is 421. The predicted molar refractivity (Wildman–Crippen MR) is 71.6 cm³/mol. The van der Waals surface area contributed by atoms with E-state index in [1.165, 1.54) is 5.56 Å². The first kappa shape index (κ1) is 12.4. The molecule has 17 heavy (non-hydrogen) atoms. The molecule has 0 aliphatic carbocycles. The third-order valence-corrected chi connectivity index (χ3v) is 3.64. The van der Waals surface area contributed by atoms with E-state index < -0.39 is 0 Å². The highest BCUT2D eigenvalue weighted by atomic mass is 79.9. The number of carbonyl (C=O) groups is 2. The zero-order valence-corrected chi connectivity index (χ0v) is 11.0. The largest absolute Gasteiger partial charge is 0.379 e. The van der Waals surface area contributed by atoms with E-state index in [-0.39, 0.29) is 19.4 Å². The standard InChI is InChI=1S/C12H13BBrNO2/c14-10-3-1-9(2-4-10)7-11-5-6-12(17)15(11)13-8-16/h1-4,8,11,13H,5-7H2/t11-/m0/s1. The van der Waals surface area contributed by atoms with Gasteiger partial charge in [0.1, 0.15) is 6.19 Å². The monoisotopic (exact) mass is 293 g/mol. The van der Waals surface area contributed by atoms with Gasteiger partial charge in [-0.25, -0.2) is 0 Å². The van der Waals surface area contributed by atoms with Gasteiger partial charge in [-0.3, -0.25) is 4.79 Å². The van der Waals surface area contributed by atoms with Crippen molar-refractivity contribution in [3.63, 3.8) is 0 Å². The minimum absolute atomic E-state index is 0.0965. The van der Waals surface area contributed by atoms with Crippen LogP contribution < -0.4 is 0 Å². The quantitative estimate of drug-likeness (QED) is 0.624. The van der Waals surface area contributed by atoms with Crippen LogP contribution in [-0.4, -0.2) is 30.4 Å². The van der Waals surface area contributed by atoms with E-state index in [2.05, 4.69) is 15.9 Å². The lowest BCUT2D eigenvalue weighted by Gasteiger charge is -2.22. The first-order chi connectivity index (χ1) is 8.20. The van der Waals surface area contributed by atoms with Gasteiger partial charge in [0.05, 0.1) is 0 Å². The van der Waals surface area contributed by atoms with Crippen LogP contribution in [0, 0.1) is 0 Å². The fraction of sp³-hybridized carbons (Fsp3) is 0.333. The summed E-state index contributed by atoms with van der Waals surface area (Å²) in [6, 6.07) is 8.26. The van der Waals surface area contributed by atoms with Crippen molar-refractivity contribution in [2.24, 2.45) is 0 Å². The molecular weight excluding hydrogens is 281 g/mol. The van der Waals surface area contributed by atoms with Crippen LogP contribution in [0.25, 0.3) is 0 Å². The Kier molecular flexibility index (Phi) is 4.00. The summed E-state index contributed by atoms with van der Waals surface area (Å²) in [6.45, 7) is 0. The van der Waals surface area contributed by atoms with E-state index >= 15 is 0 Å². The number of nitrogens with zero attached hydrogens (tertiary/aromatic N) is 1. The van der Waals surface area contributed by atoms with E-state index in [4.69, 9.17) is 0 Å². The maximum atomic E-state index is 11.6. The van der Waals surface area contributed by atoms with Crippen molar-refractivity contribution in [2.45, 2.75) is 25.3 Å². The van der Waals surface area contributed by atoms with Gasteiger partial charge in [-0.2, -0.15) is 0 Å². The summed E-state index contributed by atoms with van der Waals surface area (Å²) >= 11 is 3.39. The Morgan fingerprint density at radius 1 is 1.41 bits per heavy atom. The molecule has 1 amide bonds. The second kappa shape index (κ2) is 5.49. The Morgan fingerprint density at radius 3 is 2.76 bits per heavy atom. The number of benzene rings is 1. The van der Waals surface area contributed by atoms with Crippen molar-refractivity contribution in [1.82, 2.24) is 4.81 Å². The molecule has 1 aliphatic rings. The van der Waals surface area contributed by atoms with E-state index in [9.17, 15) is 9.59 Å². The molecule has 1 fully saturated rings. The molecule has 0 aromatic heterocycles. The molecule has 0 bridgehead atoms. The van der Waals surface area contributed by atoms with Gasteiger partial charge in [0.15, 0.2) is 0 Å². The molecule has 1 atom stereocenters. The summed E-state index contributed by atoms with van der Waals surface area (Å²) in [7, 11) is 0.222. The van der Waals surface area contributed by atoms with Crippen LogP contribution in [-0.2, 0) is 16.0 Å². The van der Waals surface area contributed by atoms with Crippen LogP contribution >= 0.6 is 15.9 Å². The molecule has 1 heterocycles. The summed E-state index contributed by atoms with van der Waals surface area (Å²) in [5.41, 5.74) is 1.20. The lowest BCUT2D eigenvalue weighted by molar-refractivity contribution is -0.124. The van der Waals surface area contributed by atoms with Crippen LogP contribution in [0.1, 0.15) is 18.4 Å². The molecule has 1 aromatic carbocycles. The zero-order chi connectivity index (χ0) is 12.3. The average Bonchev–Trinajstić information content (AvgIpc) is 2.65. The van der Waals surface area contributed by atoms with E-state index in [0.29, 0.717) is 6.42 Å². The number of rotatable bonds is 4. The van der Waals surface area contributed by atoms with Gasteiger partial charge in [0, 0.05) is 16.9 Å². The molecule has 0 radical (unpaired) electrons. The van der Waals surface area contributed by atoms with Crippen molar-refractivity contribution in [1.29, 1.82) is 0 Å². The Balaban J connectivity index is 2.05. The fourth-order valence-electron chi connectivity index (χ4n) is 2.23. The molecule has 0 unspecified atom stereocenters. The van der Waals surface area contributed by atoms with Gasteiger partial charge in [-0.1, -0.05) is 28.1 Å². The van der Waals surface area contributed by atoms with Gasteiger partial charge >= 0.3 is 7.41 Å². The summed E-state index contributed by atoms with van der Waals surface area (Å²) < 4.78 is 1.05. The summed E-state index contributed by atoms with van der Waals surface area (Å²) in [4.78, 5) is 23.8. The lowest BCUT2D eigenvalue weighted by Crippen LogP contribution is -2.38.